The van der Waals surface area contributed by atoms with Gasteiger partial charge in [-0.3, -0.25) is 4.79 Å². The van der Waals surface area contributed by atoms with E-state index in [9.17, 15) is 10.1 Å². The summed E-state index contributed by atoms with van der Waals surface area (Å²) in [7, 11) is 0. The molecule has 1 unspecified atom stereocenters. The molecule has 3 nitrogen and oxygen atoms in total. The minimum Gasteiger partial charge on any atom is -0.338 e. The Bertz CT molecular complexity index is 528. The summed E-state index contributed by atoms with van der Waals surface area (Å²) in [5.74, 6) is 0.118. The standard InChI is InChI=1S/C15H16N2O/c1-11-3-2-4-12(7-11)13-9-17(10-18)15(5-6-15)14(13)8-16/h2-4,7,10,13-14H,5-6,9H2,1H3/t13-,14?/m1/s1. The van der Waals surface area contributed by atoms with Gasteiger partial charge in [0.25, 0.3) is 0 Å². The van der Waals surface area contributed by atoms with Crippen LogP contribution in [0.4, 0.5) is 0 Å². The molecule has 3 heteroatoms. The number of amides is 1. The van der Waals surface area contributed by atoms with Gasteiger partial charge in [-0.2, -0.15) is 5.26 Å². The highest BCUT2D eigenvalue weighted by molar-refractivity contribution is 5.54. The van der Waals surface area contributed by atoms with Crippen molar-refractivity contribution < 1.29 is 4.79 Å². The molecule has 1 saturated carbocycles. The summed E-state index contributed by atoms with van der Waals surface area (Å²) in [5, 5.41) is 9.46. The Labute approximate surface area is 107 Å². The molecule has 2 atom stereocenters. The van der Waals surface area contributed by atoms with Gasteiger partial charge in [0, 0.05) is 12.5 Å². The second-order valence-electron chi connectivity index (χ2n) is 5.49. The Morgan fingerprint density at radius 3 is 2.83 bits per heavy atom. The molecule has 1 spiro atoms. The number of rotatable bonds is 2. The highest BCUT2D eigenvalue weighted by Gasteiger charge is 2.61. The molecule has 0 bridgehead atoms. The zero-order valence-electron chi connectivity index (χ0n) is 10.5. The van der Waals surface area contributed by atoms with Crippen LogP contribution in [0.5, 0.6) is 0 Å². The SMILES string of the molecule is Cc1cccc([C@H]2CN(C=O)C3(CC3)C2C#N)c1. The van der Waals surface area contributed by atoms with Crippen molar-refractivity contribution >= 4 is 6.41 Å². The van der Waals surface area contributed by atoms with Gasteiger partial charge in [0.05, 0.1) is 17.5 Å². The number of hydrogen-bond donors (Lipinski definition) is 0. The summed E-state index contributed by atoms with van der Waals surface area (Å²) in [6.45, 7) is 2.75. The molecule has 1 heterocycles. The Morgan fingerprint density at radius 2 is 2.28 bits per heavy atom. The molecular formula is C15H16N2O. The fraction of sp³-hybridized carbons (Fsp3) is 0.467. The molecule has 1 amide bonds. The van der Waals surface area contributed by atoms with Gasteiger partial charge in [-0.25, -0.2) is 0 Å². The lowest BCUT2D eigenvalue weighted by molar-refractivity contribution is -0.119. The third kappa shape index (κ3) is 1.45. The van der Waals surface area contributed by atoms with E-state index < -0.39 is 0 Å². The van der Waals surface area contributed by atoms with Crippen molar-refractivity contribution in [1.29, 1.82) is 5.26 Å². The number of nitrogens with zero attached hydrogens (tertiary/aromatic N) is 2. The van der Waals surface area contributed by atoms with Crippen molar-refractivity contribution in [3.63, 3.8) is 0 Å². The van der Waals surface area contributed by atoms with Crippen LogP contribution in [0.1, 0.15) is 29.9 Å². The monoisotopic (exact) mass is 240 g/mol. The van der Waals surface area contributed by atoms with E-state index in [-0.39, 0.29) is 17.4 Å². The van der Waals surface area contributed by atoms with Gasteiger partial charge in [0.2, 0.25) is 6.41 Å². The van der Waals surface area contributed by atoms with Crippen LogP contribution in [-0.4, -0.2) is 23.4 Å². The number of carbonyl (C=O) groups is 1. The van der Waals surface area contributed by atoms with Crippen molar-refractivity contribution in [1.82, 2.24) is 4.90 Å². The lowest BCUT2D eigenvalue weighted by Gasteiger charge is -2.20. The van der Waals surface area contributed by atoms with Gasteiger partial charge in [-0.1, -0.05) is 29.8 Å². The third-order valence-electron chi connectivity index (χ3n) is 4.45. The molecule has 0 N–H and O–H groups in total. The van der Waals surface area contributed by atoms with E-state index in [1.54, 1.807) is 0 Å². The molecule has 2 fully saturated rings. The molecule has 2 aliphatic rings. The average Bonchev–Trinajstić information content (AvgIpc) is 3.07. The van der Waals surface area contributed by atoms with Crippen LogP contribution in [0.3, 0.4) is 0 Å². The van der Waals surface area contributed by atoms with Crippen LogP contribution in [-0.2, 0) is 4.79 Å². The van der Waals surface area contributed by atoms with Gasteiger partial charge < -0.3 is 4.90 Å². The van der Waals surface area contributed by atoms with E-state index in [2.05, 4.69) is 31.2 Å². The molecule has 1 saturated heterocycles. The fourth-order valence-corrected chi connectivity index (χ4v) is 3.34. The van der Waals surface area contributed by atoms with Crippen molar-refractivity contribution in [3.8, 4) is 6.07 Å². The average molecular weight is 240 g/mol. The molecule has 0 radical (unpaired) electrons. The molecule has 1 aromatic rings. The van der Waals surface area contributed by atoms with Gasteiger partial charge in [-0.05, 0) is 25.3 Å². The maximum Gasteiger partial charge on any atom is 0.210 e. The number of nitriles is 1. The van der Waals surface area contributed by atoms with Crippen LogP contribution in [0, 0.1) is 24.2 Å². The Hall–Kier alpha value is -1.82. The Balaban J connectivity index is 1.98. The van der Waals surface area contributed by atoms with Gasteiger partial charge in [-0.15, -0.1) is 0 Å². The number of hydrogen-bond acceptors (Lipinski definition) is 2. The molecular weight excluding hydrogens is 224 g/mol. The summed E-state index contributed by atoms with van der Waals surface area (Å²) >= 11 is 0. The van der Waals surface area contributed by atoms with Crippen LogP contribution in [0.2, 0.25) is 0 Å². The van der Waals surface area contributed by atoms with Crippen LogP contribution < -0.4 is 0 Å². The van der Waals surface area contributed by atoms with Gasteiger partial charge in [0.15, 0.2) is 0 Å². The second kappa shape index (κ2) is 3.84. The fourth-order valence-electron chi connectivity index (χ4n) is 3.34. The summed E-state index contributed by atoms with van der Waals surface area (Å²) in [6, 6.07) is 10.8. The minimum absolute atomic E-state index is 0.0514. The number of likely N-dealkylation sites (tertiary alicyclic amines) is 1. The van der Waals surface area contributed by atoms with E-state index in [1.807, 2.05) is 11.0 Å². The zero-order chi connectivity index (χ0) is 12.8. The Kier molecular flexibility index (Phi) is 2.41. The topological polar surface area (TPSA) is 44.1 Å². The molecule has 92 valence electrons. The largest absolute Gasteiger partial charge is 0.338 e. The predicted octanol–water partition coefficient (Wildman–Crippen LogP) is 2.22. The van der Waals surface area contributed by atoms with Crippen molar-refractivity contribution in [2.24, 2.45) is 5.92 Å². The number of carbonyl (C=O) groups excluding carboxylic acids is 1. The quantitative estimate of drug-likeness (QED) is 0.744. The minimum atomic E-state index is -0.148. The number of benzene rings is 1. The maximum absolute atomic E-state index is 11.2. The zero-order valence-corrected chi connectivity index (χ0v) is 10.5. The van der Waals surface area contributed by atoms with Crippen LogP contribution in [0.25, 0.3) is 0 Å². The van der Waals surface area contributed by atoms with E-state index in [4.69, 9.17) is 0 Å². The summed E-state index contributed by atoms with van der Waals surface area (Å²) in [5.41, 5.74) is 2.25. The molecule has 0 aromatic heterocycles. The summed E-state index contributed by atoms with van der Waals surface area (Å²) in [4.78, 5) is 13.0. The van der Waals surface area contributed by atoms with E-state index >= 15 is 0 Å². The van der Waals surface area contributed by atoms with Crippen LogP contribution >= 0.6 is 0 Å². The highest BCUT2D eigenvalue weighted by atomic mass is 16.1. The number of aryl methyl sites for hydroxylation is 1. The molecule has 1 aromatic carbocycles. The van der Waals surface area contributed by atoms with Gasteiger partial charge in [0.1, 0.15) is 0 Å². The second-order valence-corrected chi connectivity index (χ2v) is 5.49. The van der Waals surface area contributed by atoms with E-state index in [0.29, 0.717) is 6.54 Å². The maximum atomic E-state index is 11.2. The molecule has 1 aliphatic heterocycles. The van der Waals surface area contributed by atoms with Gasteiger partial charge >= 0.3 is 0 Å². The summed E-state index contributed by atoms with van der Waals surface area (Å²) in [6.07, 6.45) is 2.88. The van der Waals surface area contributed by atoms with Crippen molar-refractivity contribution in [2.75, 3.05) is 6.54 Å². The van der Waals surface area contributed by atoms with Crippen molar-refractivity contribution in [2.45, 2.75) is 31.2 Å². The first kappa shape index (κ1) is 11.3. The van der Waals surface area contributed by atoms with E-state index in [1.165, 1.54) is 11.1 Å². The Morgan fingerprint density at radius 1 is 1.50 bits per heavy atom. The molecule has 18 heavy (non-hydrogen) atoms. The summed E-state index contributed by atoms with van der Waals surface area (Å²) < 4.78 is 0. The lowest BCUT2D eigenvalue weighted by atomic mass is 9.84. The highest BCUT2D eigenvalue weighted by Crippen LogP contribution is 2.56. The first-order valence-corrected chi connectivity index (χ1v) is 6.39. The first-order chi connectivity index (χ1) is 8.71. The predicted molar refractivity (Wildman–Crippen MR) is 67.8 cm³/mol. The third-order valence-corrected chi connectivity index (χ3v) is 4.45. The van der Waals surface area contributed by atoms with Crippen molar-refractivity contribution in [3.05, 3.63) is 35.4 Å². The molecule has 3 rings (SSSR count). The smallest absolute Gasteiger partial charge is 0.210 e. The van der Waals surface area contributed by atoms with E-state index in [0.717, 1.165) is 19.3 Å². The normalized spacial score (nSPS) is 28.1. The first-order valence-electron chi connectivity index (χ1n) is 6.39. The van der Waals surface area contributed by atoms with Crippen LogP contribution in [0.15, 0.2) is 24.3 Å². The molecule has 1 aliphatic carbocycles. The lowest BCUT2D eigenvalue weighted by Crippen LogP contribution is -2.33.